The van der Waals surface area contributed by atoms with Gasteiger partial charge < -0.3 is 15.4 Å². The molecule has 2 unspecified atom stereocenters. The van der Waals surface area contributed by atoms with Gasteiger partial charge in [0.15, 0.2) is 5.96 Å². The number of aliphatic imine (C=N–C) groups is 1. The number of morpholine rings is 1. The Kier molecular flexibility index (Phi) is 10.4. The molecule has 1 fully saturated rings. The van der Waals surface area contributed by atoms with E-state index in [1.807, 2.05) is 7.05 Å². The van der Waals surface area contributed by atoms with Crippen molar-refractivity contribution in [1.29, 1.82) is 0 Å². The minimum absolute atomic E-state index is 0. The first kappa shape index (κ1) is 22.2. The van der Waals surface area contributed by atoms with E-state index in [0.717, 1.165) is 45.2 Å². The van der Waals surface area contributed by atoms with E-state index in [9.17, 15) is 0 Å². The second kappa shape index (κ2) is 11.7. The first-order chi connectivity index (χ1) is 11.7. The molecule has 0 aromatic heterocycles. The minimum atomic E-state index is 0. The molecule has 5 nitrogen and oxygen atoms in total. The summed E-state index contributed by atoms with van der Waals surface area (Å²) in [5, 5.41) is 6.88. The van der Waals surface area contributed by atoms with E-state index in [1.165, 1.54) is 11.1 Å². The van der Waals surface area contributed by atoms with Crippen molar-refractivity contribution >= 4 is 29.9 Å². The number of halogens is 1. The summed E-state index contributed by atoms with van der Waals surface area (Å²) in [6.45, 7) is 11.0. The fraction of sp³-hybridized carbons (Fsp3) is 0.632. The maximum absolute atomic E-state index is 5.52. The zero-order valence-corrected chi connectivity index (χ0v) is 18.2. The molecule has 0 spiro atoms. The van der Waals surface area contributed by atoms with Crippen LogP contribution in [0.5, 0.6) is 0 Å². The van der Waals surface area contributed by atoms with Gasteiger partial charge in [-0.25, -0.2) is 0 Å². The van der Waals surface area contributed by atoms with Gasteiger partial charge in [0, 0.05) is 38.8 Å². The fourth-order valence-corrected chi connectivity index (χ4v) is 3.23. The second-order valence-corrected chi connectivity index (χ2v) is 6.44. The van der Waals surface area contributed by atoms with Crippen molar-refractivity contribution in [2.75, 3.05) is 33.4 Å². The predicted molar refractivity (Wildman–Crippen MR) is 116 cm³/mol. The largest absolute Gasteiger partial charge is 0.379 e. The summed E-state index contributed by atoms with van der Waals surface area (Å²) in [5.41, 5.74) is 2.72. The summed E-state index contributed by atoms with van der Waals surface area (Å²) < 4.78 is 5.52. The van der Waals surface area contributed by atoms with Crippen molar-refractivity contribution in [2.45, 2.75) is 45.8 Å². The predicted octanol–water partition coefficient (Wildman–Crippen LogP) is 2.64. The number of guanidine groups is 1. The average Bonchev–Trinajstić information content (AvgIpc) is 2.62. The number of hydrogen-bond acceptors (Lipinski definition) is 3. The van der Waals surface area contributed by atoms with Gasteiger partial charge in [0.25, 0.3) is 0 Å². The van der Waals surface area contributed by atoms with Gasteiger partial charge in [-0.2, -0.15) is 0 Å². The first-order valence-electron chi connectivity index (χ1n) is 9.00. The van der Waals surface area contributed by atoms with Gasteiger partial charge in [-0.15, -0.1) is 24.0 Å². The van der Waals surface area contributed by atoms with Crippen molar-refractivity contribution in [3.8, 4) is 0 Å². The molecule has 142 valence electrons. The van der Waals surface area contributed by atoms with Crippen molar-refractivity contribution in [3.05, 3.63) is 35.4 Å². The summed E-state index contributed by atoms with van der Waals surface area (Å²) in [7, 11) is 1.82. The molecule has 1 heterocycles. The number of nitrogens with zero attached hydrogens (tertiary/aromatic N) is 2. The fourth-order valence-electron chi connectivity index (χ4n) is 3.23. The number of hydrogen-bond donors (Lipinski definition) is 2. The molecule has 1 aliphatic rings. The Bertz CT molecular complexity index is 538. The molecule has 0 bridgehead atoms. The SMILES string of the molecule is CCc1ccccc1CNC(=NC)NCC(C)N1CCOCC1C.I. The Hall–Kier alpha value is -0.860. The normalized spacial score (nSPS) is 19.8. The van der Waals surface area contributed by atoms with E-state index in [-0.39, 0.29) is 24.0 Å². The Morgan fingerprint density at radius 3 is 2.68 bits per heavy atom. The van der Waals surface area contributed by atoms with Crippen LogP contribution in [0.25, 0.3) is 0 Å². The van der Waals surface area contributed by atoms with Gasteiger partial charge in [0.2, 0.25) is 0 Å². The molecule has 6 heteroatoms. The Balaban J connectivity index is 0.00000312. The molecular weight excluding hydrogens is 427 g/mol. The highest BCUT2D eigenvalue weighted by atomic mass is 127. The van der Waals surface area contributed by atoms with E-state index in [1.54, 1.807) is 0 Å². The van der Waals surface area contributed by atoms with Gasteiger partial charge in [0.05, 0.1) is 13.2 Å². The smallest absolute Gasteiger partial charge is 0.191 e. The summed E-state index contributed by atoms with van der Waals surface area (Å²) in [4.78, 5) is 6.84. The number of aryl methyl sites for hydroxylation is 1. The summed E-state index contributed by atoms with van der Waals surface area (Å²) in [5.74, 6) is 0.855. The van der Waals surface area contributed by atoms with E-state index in [4.69, 9.17) is 4.74 Å². The maximum atomic E-state index is 5.52. The molecule has 0 radical (unpaired) electrons. The number of benzene rings is 1. The lowest BCUT2D eigenvalue weighted by atomic mass is 10.1. The maximum Gasteiger partial charge on any atom is 0.191 e. The van der Waals surface area contributed by atoms with Gasteiger partial charge >= 0.3 is 0 Å². The van der Waals surface area contributed by atoms with E-state index in [2.05, 4.69) is 65.6 Å². The minimum Gasteiger partial charge on any atom is -0.379 e. The van der Waals surface area contributed by atoms with Gasteiger partial charge in [0.1, 0.15) is 0 Å². The Morgan fingerprint density at radius 1 is 1.32 bits per heavy atom. The molecule has 0 aliphatic carbocycles. The highest BCUT2D eigenvalue weighted by molar-refractivity contribution is 14.0. The monoisotopic (exact) mass is 460 g/mol. The van der Waals surface area contributed by atoms with Crippen molar-refractivity contribution in [1.82, 2.24) is 15.5 Å². The van der Waals surface area contributed by atoms with E-state index < -0.39 is 0 Å². The van der Waals surface area contributed by atoms with Crippen LogP contribution in [0, 0.1) is 0 Å². The molecule has 1 saturated heterocycles. The van der Waals surface area contributed by atoms with Crippen molar-refractivity contribution in [2.24, 2.45) is 4.99 Å². The van der Waals surface area contributed by atoms with Crippen LogP contribution in [-0.4, -0.2) is 56.3 Å². The highest BCUT2D eigenvalue weighted by Crippen LogP contribution is 2.10. The van der Waals surface area contributed by atoms with Crippen LogP contribution < -0.4 is 10.6 Å². The van der Waals surface area contributed by atoms with Crippen LogP contribution in [-0.2, 0) is 17.7 Å². The van der Waals surface area contributed by atoms with Gasteiger partial charge in [-0.3, -0.25) is 9.89 Å². The van der Waals surface area contributed by atoms with Gasteiger partial charge in [-0.1, -0.05) is 31.2 Å². The summed E-state index contributed by atoms with van der Waals surface area (Å²) in [6, 6.07) is 9.48. The van der Waals surface area contributed by atoms with Crippen LogP contribution in [0.2, 0.25) is 0 Å². The number of rotatable bonds is 6. The van der Waals surface area contributed by atoms with Crippen LogP contribution in [0.3, 0.4) is 0 Å². The zero-order chi connectivity index (χ0) is 17.4. The summed E-state index contributed by atoms with van der Waals surface area (Å²) >= 11 is 0. The average molecular weight is 460 g/mol. The topological polar surface area (TPSA) is 48.9 Å². The Labute approximate surface area is 169 Å². The lowest BCUT2D eigenvalue weighted by molar-refractivity contribution is -0.0174. The third-order valence-corrected chi connectivity index (χ3v) is 4.72. The molecule has 1 aliphatic heterocycles. The molecular formula is C19H33IN4O. The third kappa shape index (κ3) is 6.75. The van der Waals surface area contributed by atoms with E-state index >= 15 is 0 Å². The molecule has 0 amide bonds. The number of ether oxygens (including phenoxy) is 1. The molecule has 0 saturated carbocycles. The van der Waals surface area contributed by atoms with Crippen LogP contribution >= 0.6 is 24.0 Å². The molecule has 2 N–H and O–H groups in total. The standard InChI is InChI=1S/C19H32N4O.HI/c1-5-17-8-6-7-9-18(17)13-22-19(20-4)21-12-15(2)23-10-11-24-14-16(23)3;/h6-9,15-16H,5,10-14H2,1-4H3,(H2,20,21,22);1H. The molecule has 1 aromatic rings. The highest BCUT2D eigenvalue weighted by Gasteiger charge is 2.23. The quantitative estimate of drug-likeness (QED) is 0.390. The summed E-state index contributed by atoms with van der Waals surface area (Å²) in [6.07, 6.45) is 1.05. The zero-order valence-electron chi connectivity index (χ0n) is 15.9. The second-order valence-electron chi connectivity index (χ2n) is 6.44. The molecule has 1 aromatic carbocycles. The van der Waals surface area contributed by atoms with Gasteiger partial charge in [-0.05, 0) is 31.4 Å². The number of nitrogens with one attached hydrogen (secondary N) is 2. The lowest BCUT2D eigenvalue weighted by Crippen LogP contribution is -2.53. The van der Waals surface area contributed by atoms with Crippen molar-refractivity contribution < 1.29 is 4.74 Å². The third-order valence-electron chi connectivity index (χ3n) is 4.72. The van der Waals surface area contributed by atoms with Crippen LogP contribution in [0.4, 0.5) is 0 Å². The Morgan fingerprint density at radius 2 is 2.04 bits per heavy atom. The molecule has 2 atom stereocenters. The van der Waals surface area contributed by atoms with Crippen LogP contribution in [0.1, 0.15) is 31.9 Å². The molecule has 2 rings (SSSR count). The van der Waals surface area contributed by atoms with E-state index in [0.29, 0.717) is 12.1 Å². The lowest BCUT2D eigenvalue weighted by Gasteiger charge is -2.38. The molecule has 25 heavy (non-hydrogen) atoms. The first-order valence-corrected chi connectivity index (χ1v) is 9.00. The van der Waals surface area contributed by atoms with Crippen molar-refractivity contribution in [3.63, 3.8) is 0 Å². The van der Waals surface area contributed by atoms with Crippen LogP contribution in [0.15, 0.2) is 29.3 Å².